The van der Waals surface area contributed by atoms with Crippen molar-refractivity contribution in [3.8, 4) is 0 Å². The van der Waals surface area contributed by atoms with E-state index in [9.17, 15) is 9.59 Å². The number of nitrogens with one attached hydrogen (secondary N) is 6. The fourth-order valence-electron chi connectivity index (χ4n) is 3.72. The van der Waals surface area contributed by atoms with Crippen molar-refractivity contribution in [2.75, 3.05) is 47.4 Å². The normalized spacial score (nSPS) is 13.7. The number of aliphatic imine (C=N–C) groups is 2. The summed E-state index contributed by atoms with van der Waals surface area (Å²) in [5.41, 5.74) is 3.81. The Balaban J connectivity index is 0.00000320. The van der Waals surface area contributed by atoms with E-state index in [2.05, 4.69) is 41.9 Å². The lowest BCUT2D eigenvalue weighted by Crippen LogP contribution is -2.26. The largest absolute Gasteiger partial charge is 0.354 e. The van der Waals surface area contributed by atoms with Gasteiger partial charge < -0.3 is 31.9 Å². The summed E-state index contributed by atoms with van der Waals surface area (Å²) in [6.07, 6.45) is 0. The molecule has 2 aliphatic heterocycles. The minimum Gasteiger partial charge on any atom is -0.354 e. The maximum absolute atomic E-state index is 12.8. The van der Waals surface area contributed by atoms with E-state index in [0.29, 0.717) is 22.5 Å². The molecule has 2 heterocycles. The van der Waals surface area contributed by atoms with Crippen molar-refractivity contribution in [3.63, 3.8) is 0 Å². The maximum Gasteiger partial charge on any atom is 0.255 e. The van der Waals surface area contributed by atoms with Crippen LogP contribution in [-0.4, -0.2) is 49.9 Å². The number of nitrogens with zero attached hydrogens (tertiary/aromatic N) is 2. The number of hydrogen-bond acceptors (Lipinski definition) is 8. The summed E-state index contributed by atoms with van der Waals surface area (Å²) in [5.74, 6) is 0.883. The van der Waals surface area contributed by atoms with Crippen LogP contribution in [0.3, 0.4) is 0 Å². The Morgan fingerprint density at radius 1 is 0.622 bits per heavy atom. The van der Waals surface area contributed by atoms with Crippen LogP contribution in [0.2, 0.25) is 0 Å². The smallest absolute Gasteiger partial charge is 0.255 e. The molecule has 0 fully saturated rings. The van der Waals surface area contributed by atoms with Crippen molar-refractivity contribution in [3.05, 3.63) is 83.9 Å². The molecule has 6 N–H and O–H groups in total. The van der Waals surface area contributed by atoms with Gasteiger partial charge in [-0.2, -0.15) is 0 Å². The van der Waals surface area contributed by atoms with Gasteiger partial charge in [0.2, 0.25) is 0 Å². The van der Waals surface area contributed by atoms with E-state index in [1.54, 1.807) is 48.5 Å². The Kier molecular flexibility index (Phi) is 8.22. The van der Waals surface area contributed by atoms with Crippen molar-refractivity contribution < 1.29 is 9.59 Å². The Bertz CT molecular complexity index is 1220. The first-order valence-corrected chi connectivity index (χ1v) is 11.7. The number of anilines is 4. The van der Waals surface area contributed by atoms with Crippen LogP contribution in [0.5, 0.6) is 0 Å². The second kappa shape index (κ2) is 11.9. The lowest BCUT2D eigenvalue weighted by atomic mass is 10.1. The standard InChI is InChI=1S/C26H26N8O2.ClH/c35-23(31-19-4-8-21(9-5-19)33-25-27-12-13-28-25)17-2-1-3-18(16-17)24(36)32-20-6-10-22(11-7-20)34-26-29-14-15-30-26;/h1-11,16H,12-15H2,(H,31,35)(H,32,36)(H2,27,28,33)(H2,29,30,34);1H. The average Bonchev–Trinajstić information content (AvgIpc) is 3.61. The Morgan fingerprint density at radius 3 is 1.41 bits per heavy atom. The molecule has 3 aromatic rings. The lowest BCUT2D eigenvalue weighted by Gasteiger charge is -2.10. The zero-order valence-corrected chi connectivity index (χ0v) is 20.7. The first-order valence-electron chi connectivity index (χ1n) is 11.7. The van der Waals surface area contributed by atoms with Gasteiger partial charge in [-0.05, 0) is 66.7 Å². The highest BCUT2D eigenvalue weighted by molar-refractivity contribution is 6.09. The summed E-state index contributed by atoms with van der Waals surface area (Å²) in [7, 11) is 0. The topological polar surface area (TPSA) is 131 Å². The minimum absolute atomic E-state index is 0. The third-order valence-electron chi connectivity index (χ3n) is 5.55. The molecule has 0 bridgehead atoms. The van der Waals surface area contributed by atoms with E-state index < -0.39 is 0 Å². The molecule has 0 atom stereocenters. The van der Waals surface area contributed by atoms with E-state index in [1.165, 1.54) is 0 Å². The van der Waals surface area contributed by atoms with Crippen LogP contribution in [-0.2, 0) is 0 Å². The molecule has 37 heavy (non-hydrogen) atoms. The number of rotatable bonds is 6. The number of carbonyl (C=O) groups is 2. The van der Waals surface area contributed by atoms with Gasteiger partial charge in [0.25, 0.3) is 11.8 Å². The van der Waals surface area contributed by atoms with Crippen LogP contribution < -0.4 is 31.9 Å². The molecule has 0 unspecified atom stereocenters. The molecule has 2 aliphatic rings. The lowest BCUT2D eigenvalue weighted by molar-refractivity contribution is 0.102. The van der Waals surface area contributed by atoms with Crippen molar-refractivity contribution >= 4 is 58.9 Å². The Morgan fingerprint density at radius 2 is 1.03 bits per heavy atom. The third-order valence-corrected chi connectivity index (χ3v) is 5.55. The van der Waals surface area contributed by atoms with Gasteiger partial charge in [-0.1, -0.05) is 6.07 Å². The van der Waals surface area contributed by atoms with Gasteiger partial charge in [-0.15, -0.1) is 12.4 Å². The highest BCUT2D eigenvalue weighted by atomic mass is 35.5. The molecule has 190 valence electrons. The number of guanidine groups is 2. The summed E-state index contributed by atoms with van der Waals surface area (Å²) in [6.45, 7) is 3.16. The van der Waals surface area contributed by atoms with Gasteiger partial charge in [-0.3, -0.25) is 19.6 Å². The van der Waals surface area contributed by atoms with Crippen LogP contribution in [0.1, 0.15) is 20.7 Å². The van der Waals surface area contributed by atoms with Gasteiger partial charge in [-0.25, -0.2) is 0 Å². The van der Waals surface area contributed by atoms with Gasteiger partial charge in [0.05, 0.1) is 13.1 Å². The molecule has 0 aliphatic carbocycles. The molecule has 2 amide bonds. The predicted octanol–water partition coefficient (Wildman–Crippen LogP) is 3.36. The van der Waals surface area contributed by atoms with Crippen molar-refractivity contribution in [2.45, 2.75) is 0 Å². The Hall–Kier alpha value is -4.57. The highest BCUT2D eigenvalue weighted by Gasteiger charge is 2.12. The number of amides is 2. The van der Waals surface area contributed by atoms with Crippen LogP contribution in [0.4, 0.5) is 22.7 Å². The van der Waals surface area contributed by atoms with Crippen LogP contribution in [0.25, 0.3) is 0 Å². The molecule has 3 aromatic carbocycles. The second-order valence-electron chi connectivity index (χ2n) is 8.21. The summed E-state index contributed by atoms with van der Waals surface area (Å²) in [5, 5.41) is 18.4. The van der Waals surface area contributed by atoms with E-state index in [1.807, 2.05) is 24.3 Å². The quantitative estimate of drug-likeness (QED) is 0.297. The fraction of sp³-hybridized carbons (Fsp3) is 0.154. The molecule has 10 nitrogen and oxygen atoms in total. The van der Waals surface area contributed by atoms with E-state index in [4.69, 9.17) is 0 Å². The van der Waals surface area contributed by atoms with Crippen LogP contribution in [0, 0.1) is 0 Å². The molecule has 5 rings (SSSR count). The minimum atomic E-state index is -0.300. The van der Waals surface area contributed by atoms with Gasteiger partial charge in [0.1, 0.15) is 0 Å². The monoisotopic (exact) mass is 518 g/mol. The predicted molar refractivity (Wildman–Crippen MR) is 150 cm³/mol. The summed E-state index contributed by atoms with van der Waals surface area (Å²) in [6, 6.07) is 21.3. The average molecular weight is 519 g/mol. The first-order chi connectivity index (χ1) is 17.6. The van der Waals surface area contributed by atoms with Crippen molar-refractivity contribution in [2.24, 2.45) is 9.98 Å². The van der Waals surface area contributed by atoms with Gasteiger partial charge in [0.15, 0.2) is 11.9 Å². The molecule has 11 heteroatoms. The zero-order chi connectivity index (χ0) is 24.7. The van der Waals surface area contributed by atoms with Crippen LogP contribution in [0.15, 0.2) is 82.8 Å². The molecule has 0 radical (unpaired) electrons. The van der Waals surface area contributed by atoms with Crippen LogP contribution >= 0.6 is 12.4 Å². The molecule has 0 spiro atoms. The molecular weight excluding hydrogens is 492 g/mol. The van der Waals surface area contributed by atoms with E-state index in [-0.39, 0.29) is 24.2 Å². The summed E-state index contributed by atoms with van der Waals surface area (Å²) in [4.78, 5) is 34.2. The zero-order valence-electron chi connectivity index (χ0n) is 19.9. The van der Waals surface area contributed by atoms with Crippen molar-refractivity contribution in [1.82, 2.24) is 10.6 Å². The number of carbonyl (C=O) groups excluding carboxylic acids is 2. The Labute approximate surface area is 220 Å². The van der Waals surface area contributed by atoms with Gasteiger partial charge in [0, 0.05) is 47.0 Å². The molecule has 0 aromatic heterocycles. The fourth-order valence-corrected chi connectivity index (χ4v) is 3.72. The van der Waals surface area contributed by atoms with E-state index >= 15 is 0 Å². The first kappa shape index (κ1) is 25.5. The molecular formula is C26H27ClN8O2. The SMILES string of the molecule is Cl.O=C(Nc1ccc(NC2=NCCN2)cc1)c1cccc(C(=O)Nc2ccc(NC3=NCCN3)cc2)c1. The summed E-state index contributed by atoms with van der Waals surface area (Å²) >= 11 is 0. The van der Waals surface area contributed by atoms with Crippen molar-refractivity contribution in [1.29, 1.82) is 0 Å². The van der Waals surface area contributed by atoms with Gasteiger partial charge >= 0.3 is 0 Å². The second-order valence-corrected chi connectivity index (χ2v) is 8.21. The maximum atomic E-state index is 12.8. The molecule has 0 saturated heterocycles. The molecule has 0 saturated carbocycles. The third kappa shape index (κ3) is 6.77. The highest BCUT2D eigenvalue weighted by Crippen LogP contribution is 2.17. The van der Waals surface area contributed by atoms with E-state index in [0.717, 1.165) is 49.5 Å². The number of benzene rings is 3. The number of hydrogen-bond donors (Lipinski definition) is 6. The number of halogens is 1. The summed E-state index contributed by atoms with van der Waals surface area (Å²) < 4.78 is 0.